The quantitative estimate of drug-likeness (QED) is 0.880. The minimum absolute atomic E-state index is 0.0355. The summed E-state index contributed by atoms with van der Waals surface area (Å²) in [7, 11) is 3.84. The number of hydrogen-bond acceptors (Lipinski definition) is 3. The molecule has 3 nitrogen and oxygen atoms in total. The van der Waals surface area contributed by atoms with Gasteiger partial charge in [-0.3, -0.25) is 4.90 Å². The highest BCUT2D eigenvalue weighted by Gasteiger charge is 2.22. The van der Waals surface area contributed by atoms with Crippen LogP contribution in [0.3, 0.4) is 0 Å². The molecule has 112 valence electrons. The number of methoxy groups -OCH3 is 1. The molecule has 3 heteroatoms. The van der Waals surface area contributed by atoms with Crippen molar-refractivity contribution in [3.8, 4) is 5.75 Å². The number of rotatable bonds is 6. The zero-order valence-corrected chi connectivity index (χ0v) is 12.9. The Labute approximate surface area is 126 Å². The third-order valence-corrected chi connectivity index (χ3v) is 3.88. The van der Waals surface area contributed by atoms with Crippen LogP contribution in [0.25, 0.3) is 0 Å². The second-order valence-electron chi connectivity index (χ2n) is 5.39. The largest absolute Gasteiger partial charge is 0.508 e. The third kappa shape index (κ3) is 4.06. The SMILES string of the molecule is CO[C@H](c1ccccc1)[C@H](C)N(C)Cc1ccc(O)cc1. The van der Waals surface area contributed by atoms with Gasteiger partial charge in [0.2, 0.25) is 0 Å². The van der Waals surface area contributed by atoms with E-state index in [1.807, 2.05) is 30.3 Å². The van der Waals surface area contributed by atoms with Crippen LogP contribution in [0, 0.1) is 0 Å². The predicted octanol–water partition coefficient (Wildman–Crippen LogP) is 3.60. The van der Waals surface area contributed by atoms with E-state index in [0.29, 0.717) is 5.75 Å². The van der Waals surface area contributed by atoms with Crippen molar-refractivity contribution in [1.29, 1.82) is 0 Å². The Bertz CT molecular complexity index is 539. The summed E-state index contributed by atoms with van der Waals surface area (Å²) in [5.41, 5.74) is 2.36. The first-order chi connectivity index (χ1) is 10.1. The van der Waals surface area contributed by atoms with Gasteiger partial charge in [0, 0.05) is 19.7 Å². The van der Waals surface area contributed by atoms with Gasteiger partial charge in [0.25, 0.3) is 0 Å². The van der Waals surface area contributed by atoms with Crippen LogP contribution in [0.4, 0.5) is 0 Å². The van der Waals surface area contributed by atoms with Gasteiger partial charge in [-0.2, -0.15) is 0 Å². The van der Waals surface area contributed by atoms with Crippen LogP contribution < -0.4 is 0 Å². The highest BCUT2D eigenvalue weighted by atomic mass is 16.5. The maximum Gasteiger partial charge on any atom is 0.115 e. The smallest absolute Gasteiger partial charge is 0.115 e. The molecule has 0 aromatic heterocycles. The van der Waals surface area contributed by atoms with Gasteiger partial charge < -0.3 is 9.84 Å². The van der Waals surface area contributed by atoms with Crippen molar-refractivity contribution >= 4 is 0 Å². The van der Waals surface area contributed by atoms with Crippen molar-refractivity contribution in [2.45, 2.75) is 25.6 Å². The highest BCUT2D eigenvalue weighted by molar-refractivity contribution is 5.26. The Hall–Kier alpha value is -1.84. The molecule has 0 amide bonds. The molecule has 0 heterocycles. The fraction of sp³-hybridized carbons (Fsp3) is 0.333. The van der Waals surface area contributed by atoms with Gasteiger partial charge >= 0.3 is 0 Å². The van der Waals surface area contributed by atoms with Gasteiger partial charge in [-0.1, -0.05) is 42.5 Å². The highest BCUT2D eigenvalue weighted by Crippen LogP contribution is 2.24. The Morgan fingerprint density at radius 1 is 1.05 bits per heavy atom. The average molecular weight is 285 g/mol. The summed E-state index contributed by atoms with van der Waals surface area (Å²) in [6.45, 7) is 2.98. The molecule has 0 bridgehead atoms. The minimum Gasteiger partial charge on any atom is -0.508 e. The first kappa shape index (κ1) is 15.5. The van der Waals surface area contributed by atoms with E-state index < -0.39 is 0 Å². The number of likely N-dealkylation sites (N-methyl/N-ethyl adjacent to an activating group) is 1. The fourth-order valence-corrected chi connectivity index (χ4v) is 2.52. The first-order valence-corrected chi connectivity index (χ1v) is 7.17. The van der Waals surface area contributed by atoms with Crippen molar-refractivity contribution in [1.82, 2.24) is 4.90 Å². The minimum atomic E-state index is 0.0355. The van der Waals surface area contributed by atoms with E-state index in [-0.39, 0.29) is 12.1 Å². The van der Waals surface area contributed by atoms with Crippen LogP contribution in [0.2, 0.25) is 0 Å². The summed E-state index contributed by atoms with van der Waals surface area (Å²) < 4.78 is 5.69. The van der Waals surface area contributed by atoms with E-state index in [1.165, 1.54) is 11.1 Å². The lowest BCUT2D eigenvalue weighted by atomic mass is 10.0. The summed E-state index contributed by atoms with van der Waals surface area (Å²) in [5.74, 6) is 0.300. The Morgan fingerprint density at radius 2 is 1.67 bits per heavy atom. The van der Waals surface area contributed by atoms with E-state index in [0.717, 1.165) is 6.54 Å². The molecule has 2 atom stereocenters. The molecular formula is C18H23NO2. The second kappa shape index (κ2) is 7.25. The number of ether oxygens (including phenoxy) is 1. The Morgan fingerprint density at radius 3 is 2.24 bits per heavy atom. The van der Waals surface area contributed by atoms with Crippen LogP contribution in [-0.2, 0) is 11.3 Å². The first-order valence-electron chi connectivity index (χ1n) is 7.17. The molecular weight excluding hydrogens is 262 g/mol. The number of aromatic hydroxyl groups is 1. The molecule has 0 aliphatic rings. The van der Waals surface area contributed by atoms with Gasteiger partial charge in [-0.15, -0.1) is 0 Å². The predicted molar refractivity (Wildman–Crippen MR) is 85.2 cm³/mol. The lowest BCUT2D eigenvalue weighted by Gasteiger charge is -2.31. The van der Waals surface area contributed by atoms with Crippen LogP contribution >= 0.6 is 0 Å². The second-order valence-corrected chi connectivity index (χ2v) is 5.39. The summed E-state index contributed by atoms with van der Waals surface area (Å²) >= 11 is 0. The molecule has 0 saturated heterocycles. The van der Waals surface area contributed by atoms with Gasteiger partial charge in [0.05, 0.1) is 6.10 Å². The summed E-state index contributed by atoms with van der Waals surface area (Å²) in [4.78, 5) is 2.26. The third-order valence-electron chi connectivity index (χ3n) is 3.88. The standard InChI is InChI=1S/C18H23NO2/c1-14(18(21-3)16-7-5-4-6-8-16)19(2)13-15-9-11-17(20)12-10-15/h4-12,14,18,20H,13H2,1-3H3/t14-,18-/m0/s1. The van der Waals surface area contributed by atoms with Crippen LogP contribution in [-0.4, -0.2) is 30.2 Å². The average Bonchev–Trinajstić information content (AvgIpc) is 2.51. The Balaban J connectivity index is 2.06. The summed E-state index contributed by atoms with van der Waals surface area (Å²) in [5, 5.41) is 9.34. The van der Waals surface area contributed by atoms with Crippen LogP contribution in [0.5, 0.6) is 5.75 Å². The summed E-state index contributed by atoms with van der Waals surface area (Å²) in [6, 6.07) is 17.9. The lowest BCUT2D eigenvalue weighted by Crippen LogP contribution is -2.34. The number of benzene rings is 2. The van der Waals surface area contributed by atoms with Gasteiger partial charge in [-0.25, -0.2) is 0 Å². The molecule has 1 N–H and O–H groups in total. The molecule has 0 aliphatic heterocycles. The monoisotopic (exact) mass is 285 g/mol. The number of nitrogens with zero attached hydrogens (tertiary/aromatic N) is 1. The Kier molecular flexibility index (Phi) is 5.37. The molecule has 2 aromatic rings. The van der Waals surface area contributed by atoms with E-state index in [2.05, 4.69) is 31.0 Å². The molecule has 0 aliphatic carbocycles. The van der Waals surface area contributed by atoms with E-state index in [9.17, 15) is 5.11 Å². The zero-order valence-electron chi connectivity index (χ0n) is 12.9. The molecule has 2 rings (SSSR count). The number of phenols is 1. The lowest BCUT2D eigenvalue weighted by molar-refractivity contribution is 0.0273. The van der Waals surface area contributed by atoms with Crippen molar-refractivity contribution in [3.63, 3.8) is 0 Å². The molecule has 0 radical (unpaired) electrons. The number of hydrogen-bond donors (Lipinski definition) is 1. The van der Waals surface area contributed by atoms with Crippen molar-refractivity contribution in [3.05, 3.63) is 65.7 Å². The topological polar surface area (TPSA) is 32.7 Å². The van der Waals surface area contributed by atoms with Crippen LogP contribution in [0.1, 0.15) is 24.2 Å². The molecule has 0 unspecified atom stereocenters. The molecule has 0 spiro atoms. The van der Waals surface area contributed by atoms with Gasteiger partial charge in [-0.05, 0) is 37.2 Å². The van der Waals surface area contributed by atoms with Crippen molar-refractivity contribution in [2.75, 3.05) is 14.2 Å². The van der Waals surface area contributed by atoms with Crippen molar-refractivity contribution < 1.29 is 9.84 Å². The summed E-state index contributed by atoms with van der Waals surface area (Å²) in [6.07, 6.45) is 0.0355. The molecule has 2 aromatic carbocycles. The zero-order chi connectivity index (χ0) is 15.2. The van der Waals surface area contributed by atoms with E-state index in [1.54, 1.807) is 19.2 Å². The number of phenolic OH excluding ortho intramolecular Hbond substituents is 1. The van der Waals surface area contributed by atoms with Crippen molar-refractivity contribution in [2.24, 2.45) is 0 Å². The van der Waals surface area contributed by atoms with E-state index in [4.69, 9.17) is 4.74 Å². The maximum absolute atomic E-state index is 9.34. The van der Waals surface area contributed by atoms with Crippen LogP contribution in [0.15, 0.2) is 54.6 Å². The van der Waals surface area contributed by atoms with E-state index >= 15 is 0 Å². The molecule has 0 saturated carbocycles. The normalized spacial score (nSPS) is 14.1. The molecule has 21 heavy (non-hydrogen) atoms. The molecule has 0 fully saturated rings. The van der Waals surface area contributed by atoms with Gasteiger partial charge in [0.15, 0.2) is 0 Å². The fourth-order valence-electron chi connectivity index (χ4n) is 2.52. The van der Waals surface area contributed by atoms with Gasteiger partial charge in [0.1, 0.15) is 5.75 Å². The maximum atomic E-state index is 9.34.